The number of fused-ring (bicyclic) bond motifs is 1. The minimum atomic E-state index is -0.454. The summed E-state index contributed by atoms with van der Waals surface area (Å²) in [6.07, 6.45) is 0. The second kappa shape index (κ2) is 10.9. The summed E-state index contributed by atoms with van der Waals surface area (Å²) in [5.74, 6) is 1.00. The highest BCUT2D eigenvalue weighted by molar-refractivity contribution is 7.15. The third kappa shape index (κ3) is 5.64. The standard InChI is InChI=1S/C28H31N3O5S/c1-18-4-5-19(2)21(12-18)22-16-37-27(26(22)28(33)34-3)29-25(32)15-31-10-8-30(9-11-31)14-20-6-7-23-24(13-20)36-17-35-23/h4-7,12-13,16H,8-11,14-15,17H2,1-3H3,(H,29,32). The Morgan fingerprint density at radius 1 is 0.973 bits per heavy atom. The number of methoxy groups -OCH3 is 1. The number of piperazine rings is 1. The Balaban J connectivity index is 1.19. The van der Waals surface area contributed by atoms with Crippen molar-refractivity contribution in [2.75, 3.05) is 51.9 Å². The average molecular weight is 522 g/mol. The van der Waals surface area contributed by atoms with Gasteiger partial charge < -0.3 is 19.5 Å². The maximum atomic E-state index is 13.0. The summed E-state index contributed by atoms with van der Waals surface area (Å²) in [5, 5.41) is 5.41. The third-order valence-corrected chi connectivity index (χ3v) is 7.69. The van der Waals surface area contributed by atoms with Crippen molar-refractivity contribution in [2.24, 2.45) is 0 Å². The molecule has 1 saturated heterocycles. The topological polar surface area (TPSA) is 80.3 Å². The van der Waals surface area contributed by atoms with E-state index in [0.29, 0.717) is 10.6 Å². The number of anilines is 1. The monoisotopic (exact) mass is 521 g/mol. The molecule has 0 aliphatic carbocycles. The van der Waals surface area contributed by atoms with Crippen molar-refractivity contribution in [1.82, 2.24) is 9.80 Å². The van der Waals surface area contributed by atoms with Crippen LogP contribution in [0, 0.1) is 13.8 Å². The second-order valence-electron chi connectivity index (χ2n) is 9.45. The lowest BCUT2D eigenvalue weighted by Gasteiger charge is -2.34. The molecule has 8 nitrogen and oxygen atoms in total. The van der Waals surface area contributed by atoms with Crippen LogP contribution < -0.4 is 14.8 Å². The van der Waals surface area contributed by atoms with Crippen LogP contribution in [-0.2, 0) is 16.1 Å². The Morgan fingerprint density at radius 3 is 2.51 bits per heavy atom. The fourth-order valence-electron chi connectivity index (χ4n) is 4.75. The smallest absolute Gasteiger partial charge is 0.341 e. The van der Waals surface area contributed by atoms with Crippen LogP contribution in [0.4, 0.5) is 5.00 Å². The molecule has 194 valence electrons. The van der Waals surface area contributed by atoms with Gasteiger partial charge in [0.1, 0.15) is 10.6 Å². The van der Waals surface area contributed by atoms with E-state index in [1.807, 2.05) is 43.5 Å². The van der Waals surface area contributed by atoms with Gasteiger partial charge in [-0.05, 0) is 42.7 Å². The van der Waals surface area contributed by atoms with Crippen LogP contribution in [0.3, 0.4) is 0 Å². The van der Waals surface area contributed by atoms with Crippen molar-refractivity contribution in [3.8, 4) is 22.6 Å². The lowest BCUT2D eigenvalue weighted by atomic mass is 9.97. The molecule has 3 heterocycles. The number of carbonyl (C=O) groups excluding carboxylic acids is 2. The van der Waals surface area contributed by atoms with E-state index in [2.05, 4.69) is 27.2 Å². The van der Waals surface area contributed by atoms with Gasteiger partial charge in [0.2, 0.25) is 12.7 Å². The quantitative estimate of drug-likeness (QED) is 0.464. The molecular formula is C28H31N3O5S. The molecule has 0 bridgehead atoms. The molecule has 0 spiro atoms. The Kier molecular flexibility index (Phi) is 7.45. The van der Waals surface area contributed by atoms with Crippen LogP contribution in [-0.4, -0.2) is 68.3 Å². The van der Waals surface area contributed by atoms with Crippen LogP contribution in [0.15, 0.2) is 41.8 Å². The molecule has 0 atom stereocenters. The summed E-state index contributed by atoms with van der Waals surface area (Å²) in [4.78, 5) is 30.2. The third-order valence-electron chi connectivity index (χ3n) is 6.79. The van der Waals surface area contributed by atoms with Gasteiger partial charge in [-0.1, -0.05) is 29.8 Å². The second-order valence-corrected chi connectivity index (χ2v) is 10.3. The largest absolute Gasteiger partial charge is 0.465 e. The van der Waals surface area contributed by atoms with E-state index in [0.717, 1.165) is 66.5 Å². The zero-order valence-corrected chi connectivity index (χ0v) is 22.2. The molecule has 3 aromatic rings. The van der Waals surface area contributed by atoms with Crippen molar-refractivity contribution >= 4 is 28.2 Å². The van der Waals surface area contributed by atoms with E-state index in [4.69, 9.17) is 14.2 Å². The Bertz CT molecular complexity index is 1310. The molecule has 0 saturated carbocycles. The summed E-state index contributed by atoms with van der Waals surface area (Å²) in [7, 11) is 1.36. The van der Waals surface area contributed by atoms with Crippen LogP contribution in [0.2, 0.25) is 0 Å². The zero-order valence-electron chi connectivity index (χ0n) is 21.3. The molecule has 37 heavy (non-hydrogen) atoms. The van der Waals surface area contributed by atoms with Crippen molar-refractivity contribution < 1.29 is 23.8 Å². The van der Waals surface area contributed by atoms with Crippen molar-refractivity contribution in [2.45, 2.75) is 20.4 Å². The van der Waals surface area contributed by atoms with Gasteiger partial charge in [0.05, 0.1) is 13.7 Å². The summed E-state index contributed by atoms with van der Waals surface area (Å²) in [6.45, 7) is 8.72. The molecule has 1 aromatic heterocycles. The Morgan fingerprint density at radius 2 is 1.73 bits per heavy atom. The number of thiophene rings is 1. The first-order valence-corrected chi connectivity index (χ1v) is 13.2. The molecule has 0 unspecified atom stereocenters. The van der Waals surface area contributed by atoms with Gasteiger partial charge in [0, 0.05) is 43.7 Å². The number of nitrogens with zero attached hydrogens (tertiary/aromatic N) is 2. The predicted molar refractivity (Wildman–Crippen MR) is 143 cm³/mol. The first-order valence-electron chi connectivity index (χ1n) is 12.3. The maximum Gasteiger partial charge on any atom is 0.341 e. The lowest BCUT2D eigenvalue weighted by Crippen LogP contribution is -2.48. The van der Waals surface area contributed by atoms with Gasteiger partial charge in [0.25, 0.3) is 0 Å². The molecule has 1 N–H and O–H groups in total. The van der Waals surface area contributed by atoms with Gasteiger partial charge in [-0.25, -0.2) is 4.79 Å². The minimum Gasteiger partial charge on any atom is -0.465 e. The fourth-order valence-corrected chi connectivity index (χ4v) is 5.72. The van der Waals surface area contributed by atoms with Crippen LogP contribution >= 0.6 is 11.3 Å². The molecule has 2 aliphatic heterocycles. The van der Waals surface area contributed by atoms with E-state index in [9.17, 15) is 9.59 Å². The number of amides is 1. The van der Waals surface area contributed by atoms with E-state index >= 15 is 0 Å². The minimum absolute atomic E-state index is 0.135. The fraction of sp³-hybridized carbons (Fsp3) is 0.357. The summed E-state index contributed by atoms with van der Waals surface area (Å²) in [5.41, 5.74) is 5.50. The first kappa shape index (κ1) is 25.3. The van der Waals surface area contributed by atoms with Gasteiger partial charge in [-0.3, -0.25) is 14.6 Å². The normalized spacial score (nSPS) is 15.5. The van der Waals surface area contributed by atoms with Crippen molar-refractivity contribution in [3.05, 3.63) is 64.0 Å². The number of aryl methyl sites for hydroxylation is 2. The molecule has 1 amide bonds. The molecule has 1 fully saturated rings. The lowest BCUT2D eigenvalue weighted by molar-refractivity contribution is -0.117. The van der Waals surface area contributed by atoms with E-state index in [-0.39, 0.29) is 19.2 Å². The number of ether oxygens (including phenoxy) is 3. The highest BCUT2D eigenvalue weighted by Gasteiger charge is 2.25. The number of hydrogen-bond donors (Lipinski definition) is 1. The van der Waals surface area contributed by atoms with Crippen LogP contribution in [0.5, 0.6) is 11.5 Å². The number of rotatable bonds is 7. The number of carbonyl (C=O) groups is 2. The van der Waals surface area contributed by atoms with E-state index in [1.54, 1.807) is 0 Å². The van der Waals surface area contributed by atoms with Crippen molar-refractivity contribution in [1.29, 1.82) is 0 Å². The molecule has 2 aromatic carbocycles. The van der Waals surface area contributed by atoms with Gasteiger partial charge in [0.15, 0.2) is 11.5 Å². The van der Waals surface area contributed by atoms with Crippen LogP contribution in [0.1, 0.15) is 27.0 Å². The number of hydrogen-bond acceptors (Lipinski definition) is 8. The number of nitrogens with one attached hydrogen (secondary N) is 1. The molecule has 9 heteroatoms. The summed E-state index contributed by atoms with van der Waals surface area (Å²) in [6, 6.07) is 12.2. The van der Waals surface area contributed by atoms with Gasteiger partial charge in [-0.2, -0.15) is 0 Å². The Labute approximate surface area is 220 Å². The van der Waals surface area contributed by atoms with E-state index in [1.165, 1.54) is 24.0 Å². The first-order chi connectivity index (χ1) is 17.9. The zero-order chi connectivity index (χ0) is 25.9. The highest BCUT2D eigenvalue weighted by Crippen LogP contribution is 2.38. The van der Waals surface area contributed by atoms with Gasteiger partial charge >= 0.3 is 5.97 Å². The van der Waals surface area contributed by atoms with E-state index < -0.39 is 5.97 Å². The average Bonchev–Trinajstić information content (AvgIpc) is 3.53. The molecule has 5 rings (SSSR count). The summed E-state index contributed by atoms with van der Waals surface area (Å²) < 4.78 is 15.9. The predicted octanol–water partition coefficient (Wildman–Crippen LogP) is 4.30. The van der Waals surface area contributed by atoms with Crippen LogP contribution in [0.25, 0.3) is 11.1 Å². The SMILES string of the molecule is COC(=O)c1c(-c2cc(C)ccc2C)csc1NC(=O)CN1CCN(Cc2ccc3c(c2)OCO3)CC1. The molecular weight excluding hydrogens is 490 g/mol. The number of esters is 1. The Hall–Kier alpha value is -3.40. The number of benzene rings is 2. The molecule has 0 radical (unpaired) electrons. The summed E-state index contributed by atoms with van der Waals surface area (Å²) >= 11 is 1.35. The highest BCUT2D eigenvalue weighted by atomic mass is 32.1. The van der Waals surface area contributed by atoms with Gasteiger partial charge in [-0.15, -0.1) is 11.3 Å². The maximum absolute atomic E-state index is 13.0. The van der Waals surface area contributed by atoms with Crippen molar-refractivity contribution in [3.63, 3.8) is 0 Å². The molecule has 2 aliphatic rings.